The molecule has 3 rings (SSSR count). The van der Waals surface area contributed by atoms with E-state index in [9.17, 15) is 9.18 Å². The van der Waals surface area contributed by atoms with Gasteiger partial charge in [0.15, 0.2) is 0 Å². The maximum Gasteiger partial charge on any atom is 0.264 e. The maximum atomic E-state index is 13.9. The Balaban J connectivity index is 1.53. The number of hydrogen-bond acceptors (Lipinski definition) is 4. The molecule has 1 aromatic heterocycles. The number of halogens is 2. The van der Waals surface area contributed by atoms with Crippen LogP contribution in [0.2, 0.25) is 5.02 Å². The van der Waals surface area contributed by atoms with E-state index in [0.717, 1.165) is 18.6 Å². The van der Waals surface area contributed by atoms with Crippen molar-refractivity contribution in [2.24, 2.45) is 5.16 Å². The van der Waals surface area contributed by atoms with E-state index in [1.807, 2.05) is 19.1 Å². The van der Waals surface area contributed by atoms with Crippen LogP contribution in [0, 0.1) is 5.82 Å². The summed E-state index contributed by atoms with van der Waals surface area (Å²) in [4.78, 5) is 17.5. The lowest BCUT2D eigenvalue weighted by Gasteiger charge is -2.15. The molecule has 25 heavy (non-hydrogen) atoms. The summed E-state index contributed by atoms with van der Waals surface area (Å²) in [5.41, 5.74) is 0.525. The Morgan fingerprint density at radius 1 is 1.44 bits per heavy atom. The quantitative estimate of drug-likeness (QED) is 0.850. The van der Waals surface area contributed by atoms with Crippen LogP contribution in [0.15, 0.2) is 46.2 Å². The van der Waals surface area contributed by atoms with Crippen molar-refractivity contribution in [1.29, 1.82) is 0 Å². The molecular formula is C18H18ClFN2O3. The zero-order chi connectivity index (χ0) is 17.8. The van der Waals surface area contributed by atoms with Gasteiger partial charge in [-0.05, 0) is 37.6 Å². The second kappa shape index (κ2) is 7.70. The Morgan fingerprint density at radius 3 is 3.00 bits per heavy atom. The van der Waals surface area contributed by atoms with Gasteiger partial charge in [-0.2, -0.15) is 0 Å². The van der Waals surface area contributed by atoms with Crippen molar-refractivity contribution in [3.8, 4) is 0 Å². The molecule has 0 saturated carbocycles. The third-order valence-corrected chi connectivity index (χ3v) is 4.32. The summed E-state index contributed by atoms with van der Waals surface area (Å²) in [6, 6.07) is 8.07. The molecule has 132 valence electrons. The summed E-state index contributed by atoms with van der Waals surface area (Å²) >= 11 is 6.03. The monoisotopic (exact) mass is 364 g/mol. The number of carbonyl (C=O) groups is 1. The highest BCUT2D eigenvalue weighted by molar-refractivity contribution is 6.34. The number of benzene rings is 1. The zero-order valence-electron chi connectivity index (χ0n) is 13.7. The average molecular weight is 365 g/mol. The van der Waals surface area contributed by atoms with Gasteiger partial charge in [0, 0.05) is 18.9 Å². The first-order valence-corrected chi connectivity index (χ1v) is 8.42. The number of amides is 1. The summed E-state index contributed by atoms with van der Waals surface area (Å²) in [7, 11) is 0. The minimum Gasteiger partial charge on any atom is -0.469 e. The van der Waals surface area contributed by atoms with Gasteiger partial charge in [-0.15, -0.1) is 0 Å². The Bertz CT molecular complexity index is 756. The Kier molecular flexibility index (Phi) is 5.38. The van der Waals surface area contributed by atoms with Crippen LogP contribution in [-0.4, -0.2) is 23.8 Å². The fourth-order valence-electron chi connectivity index (χ4n) is 2.66. The molecule has 2 heterocycles. The number of furan rings is 1. The van der Waals surface area contributed by atoms with Crippen molar-refractivity contribution in [1.82, 2.24) is 5.32 Å². The molecule has 5 nitrogen and oxygen atoms in total. The van der Waals surface area contributed by atoms with Gasteiger partial charge in [0.2, 0.25) is 6.10 Å². The van der Waals surface area contributed by atoms with Crippen LogP contribution in [0.4, 0.5) is 4.39 Å². The van der Waals surface area contributed by atoms with Gasteiger partial charge in [-0.3, -0.25) is 4.79 Å². The van der Waals surface area contributed by atoms with Gasteiger partial charge in [0.05, 0.1) is 22.6 Å². The lowest BCUT2D eigenvalue weighted by molar-refractivity contribution is -0.131. The number of aryl methyl sites for hydroxylation is 1. The third kappa shape index (κ3) is 4.20. The highest BCUT2D eigenvalue weighted by atomic mass is 35.5. The molecule has 0 bridgehead atoms. The van der Waals surface area contributed by atoms with Gasteiger partial charge in [0.25, 0.3) is 5.91 Å². The molecule has 0 saturated heterocycles. The highest BCUT2D eigenvalue weighted by Gasteiger charge is 2.31. The SMILES string of the molecule is C[C@@H](CCc1ccco1)NC(=O)[C@@H]1CC(c2c(F)cccc2Cl)=NO1. The summed E-state index contributed by atoms with van der Waals surface area (Å²) < 4.78 is 19.2. The van der Waals surface area contributed by atoms with Crippen LogP contribution < -0.4 is 5.32 Å². The lowest BCUT2D eigenvalue weighted by Crippen LogP contribution is -2.40. The molecule has 1 aliphatic heterocycles. The molecule has 1 aromatic carbocycles. The molecule has 2 aromatic rings. The number of rotatable bonds is 6. The molecule has 7 heteroatoms. The average Bonchev–Trinajstić information content (AvgIpc) is 3.25. The second-order valence-corrected chi connectivity index (χ2v) is 6.37. The normalized spacial score (nSPS) is 17.7. The van der Waals surface area contributed by atoms with Gasteiger partial charge in [0.1, 0.15) is 11.6 Å². The topological polar surface area (TPSA) is 63.8 Å². The predicted molar refractivity (Wildman–Crippen MR) is 92.1 cm³/mol. The molecule has 0 spiro atoms. The first-order valence-electron chi connectivity index (χ1n) is 8.04. The van der Waals surface area contributed by atoms with E-state index in [0.29, 0.717) is 5.71 Å². The zero-order valence-corrected chi connectivity index (χ0v) is 14.4. The summed E-state index contributed by atoms with van der Waals surface area (Å²) in [5, 5.41) is 6.97. The lowest BCUT2D eigenvalue weighted by atomic mass is 10.0. The van der Waals surface area contributed by atoms with Crippen molar-refractivity contribution >= 4 is 23.2 Å². The summed E-state index contributed by atoms with van der Waals surface area (Å²) in [6.45, 7) is 1.91. The second-order valence-electron chi connectivity index (χ2n) is 5.96. The van der Waals surface area contributed by atoms with Gasteiger partial charge in [-0.25, -0.2) is 4.39 Å². The molecule has 0 fully saturated rings. The van der Waals surface area contributed by atoms with Crippen LogP contribution in [0.3, 0.4) is 0 Å². The predicted octanol–water partition coefficient (Wildman–Crippen LogP) is 3.70. The van der Waals surface area contributed by atoms with Crippen LogP contribution in [0.5, 0.6) is 0 Å². The Hall–Kier alpha value is -2.34. The van der Waals surface area contributed by atoms with Gasteiger partial charge < -0.3 is 14.6 Å². The highest BCUT2D eigenvalue weighted by Crippen LogP contribution is 2.25. The minimum atomic E-state index is -0.781. The first-order chi connectivity index (χ1) is 12.0. The smallest absolute Gasteiger partial charge is 0.264 e. The van der Waals surface area contributed by atoms with Crippen molar-refractivity contribution < 1.29 is 18.4 Å². The summed E-state index contributed by atoms with van der Waals surface area (Å²) in [5.74, 6) is 0.110. The van der Waals surface area contributed by atoms with Gasteiger partial charge in [-0.1, -0.05) is 22.8 Å². The van der Waals surface area contributed by atoms with E-state index >= 15 is 0 Å². The van der Waals surface area contributed by atoms with E-state index in [2.05, 4.69) is 10.5 Å². The number of carbonyl (C=O) groups excluding carboxylic acids is 1. The largest absolute Gasteiger partial charge is 0.469 e. The van der Waals surface area contributed by atoms with Gasteiger partial charge >= 0.3 is 0 Å². The van der Waals surface area contributed by atoms with E-state index < -0.39 is 11.9 Å². The molecule has 0 aliphatic carbocycles. The standard InChI is InChI=1S/C18H18ClFN2O3/c1-11(7-8-12-4-3-9-24-12)21-18(23)16-10-15(22-25-16)17-13(19)5-2-6-14(17)20/h2-6,9,11,16H,7-8,10H2,1H3,(H,21,23)/t11-,16-/m0/s1. The molecular weight excluding hydrogens is 347 g/mol. The van der Waals surface area contributed by atoms with Crippen molar-refractivity contribution in [2.45, 2.75) is 38.3 Å². The Morgan fingerprint density at radius 2 is 2.28 bits per heavy atom. The van der Waals surface area contributed by atoms with Crippen LogP contribution in [-0.2, 0) is 16.1 Å². The van der Waals surface area contributed by atoms with Crippen LogP contribution in [0.1, 0.15) is 31.1 Å². The first kappa shape index (κ1) is 17.5. The van der Waals surface area contributed by atoms with Crippen molar-refractivity contribution in [2.75, 3.05) is 0 Å². The molecule has 0 radical (unpaired) electrons. The Labute approximate surface area is 149 Å². The molecule has 1 amide bonds. The summed E-state index contributed by atoms with van der Waals surface area (Å²) in [6.07, 6.45) is 2.48. The minimum absolute atomic E-state index is 0.0534. The number of nitrogens with zero attached hydrogens (tertiary/aromatic N) is 1. The van der Waals surface area contributed by atoms with E-state index in [4.69, 9.17) is 20.9 Å². The molecule has 0 unspecified atom stereocenters. The van der Waals surface area contributed by atoms with E-state index in [1.165, 1.54) is 12.1 Å². The number of nitrogens with one attached hydrogen (secondary N) is 1. The molecule has 1 N–H and O–H groups in total. The molecule has 1 aliphatic rings. The molecule has 2 atom stereocenters. The number of oxime groups is 1. The van der Waals surface area contributed by atoms with Crippen LogP contribution >= 0.6 is 11.6 Å². The van der Waals surface area contributed by atoms with Crippen molar-refractivity contribution in [3.05, 3.63) is 58.8 Å². The van der Waals surface area contributed by atoms with Crippen LogP contribution in [0.25, 0.3) is 0 Å². The maximum absolute atomic E-state index is 13.9. The van der Waals surface area contributed by atoms with E-state index in [-0.39, 0.29) is 29.0 Å². The van der Waals surface area contributed by atoms with Crippen molar-refractivity contribution in [3.63, 3.8) is 0 Å². The number of hydrogen-bond donors (Lipinski definition) is 1. The van der Waals surface area contributed by atoms with E-state index in [1.54, 1.807) is 12.3 Å². The fraction of sp³-hybridized carbons (Fsp3) is 0.333. The third-order valence-electron chi connectivity index (χ3n) is 4.01. The fourth-order valence-corrected chi connectivity index (χ4v) is 2.93.